The molecule has 0 heterocycles. The van der Waals surface area contributed by atoms with Gasteiger partial charge in [-0.3, -0.25) is 9.59 Å². The molecule has 0 spiro atoms. The van der Waals surface area contributed by atoms with Crippen LogP contribution in [0.1, 0.15) is 26.3 Å². The van der Waals surface area contributed by atoms with E-state index in [-0.39, 0.29) is 23.8 Å². The van der Waals surface area contributed by atoms with Crippen LogP contribution in [0, 0.1) is 5.82 Å². The number of halogens is 2. The Balaban J connectivity index is 1.46. The molecule has 0 radical (unpaired) electrons. The second-order valence-electron chi connectivity index (χ2n) is 6.42. The molecular weight excluding hydrogens is 481 g/mol. The van der Waals surface area contributed by atoms with Crippen molar-refractivity contribution in [2.75, 3.05) is 6.54 Å². The second kappa shape index (κ2) is 11.0. The molecular formula is C23H17BrFN3O4. The summed E-state index contributed by atoms with van der Waals surface area (Å²) in [7, 11) is 0. The van der Waals surface area contributed by atoms with Crippen molar-refractivity contribution in [1.82, 2.24) is 10.7 Å². The van der Waals surface area contributed by atoms with E-state index in [9.17, 15) is 18.8 Å². The van der Waals surface area contributed by atoms with Crippen molar-refractivity contribution in [1.29, 1.82) is 0 Å². The minimum absolute atomic E-state index is 0.102. The number of esters is 1. The zero-order valence-corrected chi connectivity index (χ0v) is 18.1. The average molecular weight is 498 g/mol. The van der Waals surface area contributed by atoms with Crippen LogP contribution >= 0.6 is 15.9 Å². The van der Waals surface area contributed by atoms with Gasteiger partial charge >= 0.3 is 5.97 Å². The average Bonchev–Trinajstić information content (AvgIpc) is 2.79. The number of nitrogens with zero attached hydrogens (tertiary/aromatic N) is 1. The topological polar surface area (TPSA) is 96.9 Å². The number of carbonyl (C=O) groups excluding carboxylic acids is 3. The molecule has 32 heavy (non-hydrogen) atoms. The van der Waals surface area contributed by atoms with Gasteiger partial charge in [0.2, 0.25) is 0 Å². The molecule has 0 saturated heterocycles. The fraction of sp³-hybridized carbons (Fsp3) is 0.0435. The molecule has 0 bridgehead atoms. The zero-order chi connectivity index (χ0) is 22.9. The molecule has 0 fully saturated rings. The number of nitrogens with one attached hydrogen (secondary N) is 2. The lowest BCUT2D eigenvalue weighted by atomic mass is 10.2. The van der Waals surface area contributed by atoms with Crippen LogP contribution in [0.15, 0.2) is 82.4 Å². The molecule has 0 atom stereocenters. The zero-order valence-electron chi connectivity index (χ0n) is 16.5. The first kappa shape index (κ1) is 22.8. The highest BCUT2D eigenvalue weighted by Gasteiger charge is 2.11. The number of benzene rings is 3. The van der Waals surface area contributed by atoms with Gasteiger partial charge < -0.3 is 10.1 Å². The van der Waals surface area contributed by atoms with E-state index in [1.165, 1.54) is 36.5 Å². The molecule has 3 aromatic rings. The Kier molecular flexibility index (Phi) is 7.82. The number of rotatable bonds is 7. The summed E-state index contributed by atoms with van der Waals surface area (Å²) in [5.41, 5.74) is 3.46. The molecule has 162 valence electrons. The van der Waals surface area contributed by atoms with Crippen LogP contribution in [-0.4, -0.2) is 30.5 Å². The van der Waals surface area contributed by atoms with Crippen molar-refractivity contribution in [3.63, 3.8) is 0 Å². The van der Waals surface area contributed by atoms with Crippen molar-refractivity contribution in [3.05, 3.63) is 99.8 Å². The number of amides is 2. The molecule has 7 nitrogen and oxygen atoms in total. The van der Waals surface area contributed by atoms with Crippen LogP contribution in [0.3, 0.4) is 0 Å². The maximum Gasteiger partial charge on any atom is 0.343 e. The largest absolute Gasteiger partial charge is 0.423 e. The predicted octanol–water partition coefficient (Wildman–Crippen LogP) is 3.69. The molecule has 0 unspecified atom stereocenters. The molecule has 0 aliphatic rings. The highest BCUT2D eigenvalue weighted by Crippen LogP contribution is 2.15. The molecule has 2 amide bonds. The molecule has 9 heteroatoms. The van der Waals surface area contributed by atoms with Gasteiger partial charge in [0.15, 0.2) is 0 Å². The monoisotopic (exact) mass is 497 g/mol. The van der Waals surface area contributed by atoms with Gasteiger partial charge in [0.1, 0.15) is 11.6 Å². The highest BCUT2D eigenvalue weighted by atomic mass is 79.9. The number of hydrogen-bond acceptors (Lipinski definition) is 5. The quantitative estimate of drug-likeness (QED) is 0.225. The van der Waals surface area contributed by atoms with Gasteiger partial charge in [0.05, 0.1) is 23.9 Å². The van der Waals surface area contributed by atoms with Gasteiger partial charge in [-0.25, -0.2) is 14.6 Å². The first-order valence-corrected chi connectivity index (χ1v) is 10.1. The molecule has 3 rings (SSSR count). The Hall–Kier alpha value is -3.85. The standard InChI is InChI=1S/C23H17BrFN3O4/c24-20-7-2-1-6-19(20)22(30)26-14-21(29)28-27-13-15-8-10-18(11-9-15)32-23(31)16-4-3-5-17(25)12-16/h1-13H,14H2,(H,26,30)(H,28,29)/b27-13+. The van der Waals surface area contributed by atoms with Gasteiger partial charge in [-0.1, -0.05) is 18.2 Å². The number of ether oxygens (including phenoxy) is 1. The summed E-state index contributed by atoms with van der Waals surface area (Å²) < 4.78 is 19.0. The van der Waals surface area contributed by atoms with E-state index in [1.807, 2.05) is 0 Å². The van der Waals surface area contributed by atoms with Gasteiger partial charge in [-0.05, 0) is 76.1 Å². The molecule has 3 aromatic carbocycles. The number of carbonyl (C=O) groups is 3. The predicted molar refractivity (Wildman–Crippen MR) is 120 cm³/mol. The third kappa shape index (κ3) is 6.58. The molecule has 0 aliphatic heterocycles. The highest BCUT2D eigenvalue weighted by molar-refractivity contribution is 9.10. The first-order chi connectivity index (χ1) is 15.4. The fourth-order valence-electron chi connectivity index (χ4n) is 2.52. The van der Waals surface area contributed by atoms with E-state index in [2.05, 4.69) is 31.8 Å². The van der Waals surface area contributed by atoms with Gasteiger partial charge in [-0.2, -0.15) is 5.10 Å². The van der Waals surface area contributed by atoms with Crippen molar-refractivity contribution >= 4 is 39.9 Å². The Bertz CT molecular complexity index is 1170. The lowest BCUT2D eigenvalue weighted by Gasteiger charge is -2.06. The summed E-state index contributed by atoms with van der Waals surface area (Å²) in [5, 5.41) is 6.33. The lowest BCUT2D eigenvalue weighted by Crippen LogP contribution is -2.35. The summed E-state index contributed by atoms with van der Waals surface area (Å²) in [5.74, 6) is -1.82. The Labute approximate surface area is 191 Å². The van der Waals surface area contributed by atoms with Crippen LogP contribution in [0.5, 0.6) is 5.75 Å². The number of hydrogen-bond donors (Lipinski definition) is 2. The summed E-state index contributed by atoms with van der Waals surface area (Å²) in [6.45, 7) is -0.244. The van der Waals surface area contributed by atoms with E-state index in [0.717, 1.165) is 6.07 Å². The molecule has 0 aliphatic carbocycles. The van der Waals surface area contributed by atoms with Crippen LogP contribution in [-0.2, 0) is 4.79 Å². The van der Waals surface area contributed by atoms with Gasteiger partial charge in [-0.15, -0.1) is 0 Å². The van der Waals surface area contributed by atoms with E-state index < -0.39 is 17.7 Å². The van der Waals surface area contributed by atoms with Crippen molar-refractivity contribution in [3.8, 4) is 5.75 Å². The van der Waals surface area contributed by atoms with Crippen molar-refractivity contribution in [2.24, 2.45) is 5.10 Å². The normalized spacial score (nSPS) is 10.6. The fourth-order valence-corrected chi connectivity index (χ4v) is 2.99. The molecule has 2 N–H and O–H groups in total. The van der Waals surface area contributed by atoms with E-state index in [1.54, 1.807) is 36.4 Å². The SMILES string of the molecule is O=C(CNC(=O)c1ccccc1Br)N/N=C/c1ccc(OC(=O)c2cccc(F)c2)cc1. The van der Waals surface area contributed by atoms with Crippen LogP contribution in [0.2, 0.25) is 0 Å². The van der Waals surface area contributed by atoms with Crippen LogP contribution in [0.4, 0.5) is 4.39 Å². The maximum atomic E-state index is 13.2. The Morgan fingerprint density at radius 2 is 1.75 bits per heavy atom. The molecule has 0 aromatic heterocycles. The van der Waals surface area contributed by atoms with Crippen LogP contribution in [0.25, 0.3) is 0 Å². The lowest BCUT2D eigenvalue weighted by molar-refractivity contribution is -0.120. The van der Waals surface area contributed by atoms with Gasteiger partial charge in [0.25, 0.3) is 11.8 Å². The third-order valence-corrected chi connectivity index (χ3v) is 4.77. The number of hydrazone groups is 1. The van der Waals surface area contributed by atoms with E-state index in [4.69, 9.17) is 4.74 Å². The minimum atomic E-state index is -0.678. The van der Waals surface area contributed by atoms with Crippen molar-refractivity contribution < 1.29 is 23.5 Å². The summed E-state index contributed by atoms with van der Waals surface area (Å²) in [6, 6.07) is 18.4. The smallest absolute Gasteiger partial charge is 0.343 e. The van der Waals surface area contributed by atoms with E-state index in [0.29, 0.717) is 15.6 Å². The van der Waals surface area contributed by atoms with Gasteiger partial charge in [0, 0.05) is 4.47 Å². The summed E-state index contributed by atoms with van der Waals surface area (Å²) in [6.07, 6.45) is 1.39. The summed E-state index contributed by atoms with van der Waals surface area (Å²) >= 11 is 3.28. The Morgan fingerprint density at radius 1 is 1.00 bits per heavy atom. The second-order valence-corrected chi connectivity index (χ2v) is 7.28. The minimum Gasteiger partial charge on any atom is -0.423 e. The van der Waals surface area contributed by atoms with Crippen molar-refractivity contribution in [2.45, 2.75) is 0 Å². The third-order valence-electron chi connectivity index (χ3n) is 4.08. The Morgan fingerprint density at radius 3 is 2.47 bits per heavy atom. The molecule has 0 saturated carbocycles. The first-order valence-electron chi connectivity index (χ1n) is 9.35. The van der Waals surface area contributed by atoms with E-state index >= 15 is 0 Å². The maximum absolute atomic E-state index is 13.2. The summed E-state index contributed by atoms with van der Waals surface area (Å²) in [4.78, 5) is 35.9. The van der Waals surface area contributed by atoms with Crippen LogP contribution < -0.4 is 15.5 Å².